The zero-order valence-electron chi connectivity index (χ0n) is 40.8. The Morgan fingerprint density at radius 3 is 1.69 bits per heavy atom. The molecule has 0 saturated heterocycles. The maximum absolute atomic E-state index is 5.33. The molecular formula is C67H49N5Si2. The van der Waals surface area contributed by atoms with Crippen LogP contribution in [0.25, 0.3) is 50.0 Å². The Hall–Kier alpha value is -9.15. The first-order valence-electron chi connectivity index (χ1n) is 25.4. The summed E-state index contributed by atoms with van der Waals surface area (Å²) in [6, 6.07) is 101. The standard InChI is InChI=1S/C67H49N5Si2/c1-70-60-40-18-17-39-59(60)69-66(70)48-24-21-36-55(46-48)73(51-28-9-3-10-29-51,52-30-11-4-12-31-52)56-37-22-27-50(47-56)72-64-57(58-38-23-45-68-67(58)72)43-44-63-65(64)71(49-25-7-2-8-26-49)61-41-19-20-42-62(61)74(63,53-32-13-5-14-33-53)54-34-15-6-16-35-54/h2-47H,1H3. The van der Waals surface area contributed by atoms with Gasteiger partial charge in [-0.25, -0.2) is 9.97 Å². The van der Waals surface area contributed by atoms with Crippen LogP contribution in [0, 0.1) is 0 Å². The molecule has 5 nitrogen and oxygen atoms in total. The Morgan fingerprint density at radius 2 is 1.00 bits per heavy atom. The lowest BCUT2D eigenvalue weighted by molar-refractivity contribution is 0.959. The smallest absolute Gasteiger partial charge is 0.184 e. The number of fused-ring (bicyclic) bond motifs is 7. The molecule has 10 aromatic carbocycles. The SMILES string of the molecule is Cn1c(-c2cccc([Si](c3ccccc3)(c3ccccc3)c3cccc(-n4c5ncccc5c5ccc6c(c54)N(c4ccccc4)c4ccccc4[Si]6(c4ccccc4)c4ccccc4)c3)c2)nc2ccccc21. The summed E-state index contributed by atoms with van der Waals surface area (Å²) in [6.07, 6.45) is 1.95. The zero-order chi connectivity index (χ0) is 49.2. The lowest BCUT2D eigenvalue weighted by Gasteiger charge is -2.45. The van der Waals surface area contributed by atoms with Crippen LogP contribution in [-0.4, -0.2) is 35.2 Å². The predicted molar refractivity (Wildman–Crippen MR) is 314 cm³/mol. The van der Waals surface area contributed by atoms with Gasteiger partial charge in [-0.2, -0.15) is 0 Å². The van der Waals surface area contributed by atoms with Gasteiger partial charge in [-0.05, 0) is 96.1 Å². The molecule has 0 aliphatic carbocycles. The molecule has 0 saturated carbocycles. The van der Waals surface area contributed by atoms with E-state index in [4.69, 9.17) is 9.97 Å². The molecule has 0 unspecified atom stereocenters. The second-order valence-electron chi connectivity index (χ2n) is 19.3. The fourth-order valence-corrected chi connectivity index (χ4v) is 22.4. The number of pyridine rings is 1. The van der Waals surface area contributed by atoms with Gasteiger partial charge in [0.25, 0.3) is 0 Å². The minimum absolute atomic E-state index is 0.919. The van der Waals surface area contributed by atoms with Crippen molar-refractivity contribution >= 4 is 108 Å². The van der Waals surface area contributed by atoms with Crippen LogP contribution in [0.1, 0.15) is 0 Å². The molecule has 0 radical (unpaired) electrons. The predicted octanol–water partition coefficient (Wildman–Crippen LogP) is 10.3. The van der Waals surface area contributed by atoms with E-state index in [1.165, 1.54) is 52.9 Å². The number of hydrogen-bond donors (Lipinski definition) is 0. The van der Waals surface area contributed by atoms with Gasteiger partial charge >= 0.3 is 0 Å². The highest BCUT2D eigenvalue weighted by atomic mass is 28.3. The number of hydrogen-bond acceptors (Lipinski definition) is 3. The zero-order valence-corrected chi connectivity index (χ0v) is 42.8. The van der Waals surface area contributed by atoms with E-state index in [9.17, 15) is 0 Å². The number of anilines is 3. The van der Waals surface area contributed by atoms with E-state index in [1.54, 1.807) is 0 Å². The van der Waals surface area contributed by atoms with E-state index in [0.29, 0.717) is 0 Å². The fourth-order valence-electron chi connectivity index (χ4n) is 12.5. The number of aromatic nitrogens is 4. The van der Waals surface area contributed by atoms with E-state index >= 15 is 0 Å². The Kier molecular flexibility index (Phi) is 10.4. The Balaban J connectivity index is 1.10. The minimum Gasteiger partial charge on any atom is -0.327 e. The maximum Gasteiger partial charge on any atom is 0.184 e. The average Bonchev–Trinajstić information content (AvgIpc) is 4.02. The van der Waals surface area contributed by atoms with Gasteiger partial charge in [0.1, 0.15) is 11.5 Å². The normalized spacial score (nSPS) is 13.0. The summed E-state index contributed by atoms with van der Waals surface area (Å²) in [5.74, 6) is 0.946. The Labute approximate surface area is 432 Å². The number of benzene rings is 10. The quantitative estimate of drug-likeness (QED) is 0.107. The third kappa shape index (κ3) is 6.47. The fraction of sp³-hybridized carbons (Fsp3) is 0.0149. The second kappa shape index (κ2) is 17.6. The van der Waals surface area contributed by atoms with Gasteiger partial charge in [-0.1, -0.05) is 218 Å². The lowest BCUT2D eigenvalue weighted by atomic mass is 10.1. The summed E-state index contributed by atoms with van der Waals surface area (Å²) in [7, 11) is -4.04. The highest BCUT2D eigenvalue weighted by Crippen LogP contribution is 2.45. The van der Waals surface area contributed by atoms with Gasteiger partial charge < -0.3 is 9.47 Å². The van der Waals surface area contributed by atoms with Crippen molar-refractivity contribution in [3.63, 3.8) is 0 Å². The Bertz CT molecular complexity index is 4130. The van der Waals surface area contributed by atoms with Crippen molar-refractivity contribution in [2.75, 3.05) is 4.90 Å². The van der Waals surface area contributed by atoms with E-state index in [2.05, 4.69) is 294 Å². The summed E-state index contributed by atoms with van der Waals surface area (Å²) < 4.78 is 4.71. The minimum atomic E-state index is -3.13. The van der Waals surface area contributed by atoms with Gasteiger partial charge in [0.2, 0.25) is 0 Å². The van der Waals surface area contributed by atoms with E-state index in [-0.39, 0.29) is 0 Å². The molecule has 350 valence electrons. The molecule has 7 heteroatoms. The number of rotatable bonds is 9. The van der Waals surface area contributed by atoms with Crippen molar-refractivity contribution in [1.29, 1.82) is 0 Å². The van der Waals surface area contributed by atoms with Crippen LogP contribution in [0.4, 0.5) is 17.1 Å². The van der Waals surface area contributed by atoms with Crippen molar-refractivity contribution < 1.29 is 0 Å². The van der Waals surface area contributed by atoms with Crippen molar-refractivity contribution in [2.24, 2.45) is 7.05 Å². The summed E-state index contributed by atoms with van der Waals surface area (Å²) in [5.41, 5.74) is 9.77. The molecular weight excluding hydrogens is 931 g/mol. The molecule has 4 heterocycles. The molecule has 74 heavy (non-hydrogen) atoms. The molecule has 0 bridgehead atoms. The largest absolute Gasteiger partial charge is 0.327 e. The topological polar surface area (TPSA) is 38.9 Å². The van der Waals surface area contributed by atoms with Gasteiger partial charge in [-0.15, -0.1) is 0 Å². The van der Waals surface area contributed by atoms with Gasteiger partial charge in [0.05, 0.1) is 22.2 Å². The lowest BCUT2D eigenvalue weighted by Crippen LogP contribution is -2.77. The van der Waals surface area contributed by atoms with Gasteiger partial charge in [0, 0.05) is 46.6 Å². The summed E-state index contributed by atoms with van der Waals surface area (Å²) in [5, 5.41) is 12.8. The van der Waals surface area contributed by atoms with Crippen LogP contribution in [0.15, 0.2) is 279 Å². The van der Waals surface area contributed by atoms with E-state index in [0.717, 1.165) is 55.7 Å². The summed E-state index contributed by atoms with van der Waals surface area (Å²) in [4.78, 5) is 13.1. The van der Waals surface area contributed by atoms with Crippen molar-refractivity contribution in [3.8, 4) is 17.1 Å². The number of imidazole rings is 1. The van der Waals surface area contributed by atoms with Crippen LogP contribution in [0.2, 0.25) is 0 Å². The molecule has 3 aromatic heterocycles. The third-order valence-electron chi connectivity index (χ3n) is 15.6. The highest BCUT2D eigenvalue weighted by Gasteiger charge is 2.50. The van der Waals surface area contributed by atoms with Crippen LogP contribution < -0.4 is 46.4 Å². The van der Waals surface area contributed by atoms with Crippen molar-refractivity contribution in [2.45, 2.75) is 0 Å². The average molecular weight is 980 g/mol. The molecule has 0 fully saturated rings. The maximum atomic E-state index is 5.33. The first-order chi connectivity index (χ1) is 36.7. The number of aryl methyl sites for hydroxylation is 1. The molecule has 1 aliphatic heterocycles. The molecule has 0 amide bonds. The molecule has 13 aromatic rings. The first kappa shape index (κ1) is 43.6. The molecule has 0 atom stereocenters. The molecule has 0 N–H and O–H groups in total. The first-order valence-corrected chi connectivity index (χ1v) is 29.4. The second-order valence-corrected chi connectivity index (χ2v) is 26.9. The molecule has 0 spiro atoms. The van der Waals surface area contributed by atoms with E-state index < -0.39 is 16.1 Å². The van der Waals surface area contributed by atoms with Crippen molar-refractivity contribution in [1.82, 2.24) is 19.1 Å². The number of para-hydroxylation sites is 4. The van der Waals surface area contributed by atoms with Crippen LogP contribution in [0.3, 0.4) is 0 Å². The highest BCUT2D eigenvalue weighted by molar-refractivity contribution is 7.21. The number of nitrogens with zero attached hydrogens (tertiary/aromatic N) is 5. The molecule has 1 aliphatic rings. The monoisotopic (exact) mass is 979 g/mol. The van der Waals surface area contributed by atoms with Crippen LogP contribution >= 0.6 is 0 Å². The van der Waals surface area contributed by atoms with Gasteiger partial charge in [-0.3, -0.25) is 4.57 Å². The van der Waals surface area contributed by atoms with Crippen molar-refractivity contribution in [3.05, 3.63) is 279 Å². The molecule has 14 rings (SSSR count). The summed E-state index contributed by atoms with van der Waals surface area (Å²) in [6.45, 7) is 0. The van der Waals surface area contributed by atoms with Crippen LogP contribution in [0.5, 0.6) is 0 Å². The Morgan fingerprint density at radius 1 is 0.432 bits per heavy atom. The summed E-state index contributed by atoms with van der Waals surface area (Å²) >= 11 is 0. The van der Waals surface area contributed by atoms with E-state index in [1.807, 2.05) is 6.20 Å². The van der Waals surface area contributed by atoms with Crippen LogP contribution in [-0.2, 0) is 7.05 Å². The van der Waals surface area contributed by atoms with Gasteiger partial charge in [0.15, 0.2) is 16.1 Å². The third-order valence-corrected chi connectivity index (χ3v) is 25.2.